The first-order valence-electron chi connectivity index (χ1n) is 11.2. The molecule has 158 valence electrons. The van der Waals surface area contributed by atoms with Crippen molar-refractivity contribution in [2.75, 3.05) is 40.3 Å². The van der Waals surface area contributed by atoms with Crippen molar-refractivity contribution in [1.29, 1.82) is 0 Å². The fourth-order valence-electron chi connectivity index (χ4n) is 4.59. The molecule has 1 saturated heterocycles. The van der Waals surface area contributed by atoms with Gasteiger partial charge in [-0.3, -0.25) is 4.90 Å². The second-order valence-electron chi connectivity index (χ2n) is 8.76. The Bertz CT molecular complexity index is 741. The van der Waals surface area contributed by atoms with E-state index in [0.717, 1.165) is 31.2 Å². The number of aromatic nitrogens is 1. The summed E-state index contributed by atoms with van der Waals surface area (Å²) < 4.78 is 5.30. The zero-order chi connectivity index (χ0) is 20.1. The number of thiazole rings is 1. The number of hydrogen-bond donors (Lipinski definition) is 0. The van der Waals surface area contributed by atoms with Gasteiger partial charge >= 0.3 is 0 Å². The molecule has 0 radical (unpaired) electrons. The lowest BCUT2D eigenvalue weighted by molar-refractivity contribution is 0.157. The van der Waals surface area contributed by atoms with Crippen molar-refractivity contribution in [3.8, 4) is 5.75 Å². The molecule has 0 spiro atoms. The van der Waals surface area contributed by atoms with Gasteiger partial charge in [0.15, 0.2) is 0 Å². The van der Waals surface area contributed by atoms with Crippen LogP contribution in [0.25, 0.3) is 0 Å². The van der Waals surface area contributed by atoms with E-state index in [1.165, 1.54) is 74.4 Å². The summed E-state index contributed by atoms with van der Waals surface area (Å²) in [6.07, 6.45) is 8.81. The Morgan fingerprint density at radius 3 is 2.62 bits per heavy atom. The van der Waals surface area contributed by atoms with Crippen molar-refractivity contribution in [3.05, 3.63) is 45.4 Å². The highest BCUT2D eigenvalue weighted by atomic mass is 32.1. The van der Waals surface area contributed by atoms with Crippen LogP contribution < -0.4 is 4.74 Å². The maximum Gasteiger partial charge on any atom is 0.118 e. The number of piperidine rings is 1. The first kappa shape index (κ1) is 20.8. The summed E-state index contributed by atoms with van der Waals surface area (Å²) in [4.78, 5) is 11.7. The topological polar surface area (TPSA) is 28.6 Å². The smallest absolute Gasteiger partial charge is 0.118 e. The van der Waals surface area contributed by atoms with Gasteiger partial charge in [0.1, 0.15) is 10.8 Å². The summed E-state index contributed by atoms with van der Waals surface area (Å²) in [5, 5.41) is 1.33. The van der Waals surface area contributed by atoms with Crippen LogP contribution in [0.5, 0.6) is 5.75 Å². The lowest BCUT2D eigenvalue weighted by atomic mass is 9.96. The molecule has 1 aliphatic heterocycles. The van der Waals surface area contributed by atoms with Gasteiger partial charge in [0, 0.05) is 18.0 Å². The Morgan fingerprint density at radius 1 is 1.14 bits per heavy atom. The summed E-state index contributed by atoms with van der Waals surface area (Å²) in [5.41, 5.74) is 2.78. The molecule has 1 fully saturated rings. The van der Waals surface area contributed by atoms with E-state index < -0.39 is 0 Å². The van der Waals surface area contributed by atoms with Gasteiger partial charge in [-0.15, -0.1) is 11.3 Å². The highest BCUT2D eigenvalue weighted by Gasteiger charge is 2.22. The molecule has 0 atom stereocenters. The first-order valence-corrected chi connectivity index (χ1v) is 12.0. The van der Waals surface area contributed by atoms with Crippen molar-refractivity contribution < 1.29 is 4.74 Å². The van der Waals surface area contributed by atoms with Crippen molar-refractivity contribution in [2.24, 2.45) is 5.92 Å². The highest BCUT2D eigenvalue weighted by molar-refractivity contribution is 7.11. The van der Waals surface area contributed by atoms with E-state index in [1.807, 2.05) is 11.3 Å². The molecular weight excluding hydrogens is 378 g/mol. The molecule has 1 aromatic heterocycles. The zero-order valence-corrected chi connectivity index (χ0v) is 18.8. The third kappa shape index (κ3) is 5.80. The average Bonchev–Trinajstić information content (AvgIpc) is 3.16. The fraction of sp³-hybridized carbons (Fsp3) is 0.625. The largest absolute Gasteiger partial charge is 0.497 e. The van der Waals surface area contributed by atoms with Crippen molar-refractivity contribution >= 4 is 11.3 Å². The normalized spacial score (nSPS) is 18.2. The molecule has 0 saturated carbocycles. The molecule has 1 aliphatic carbocycles. The number of likely N-dealkylation sites (tertiary alicyclic amines) is 1. The molecular formula is C24H35N3OS. The highest BCUT2D eigenvalue weighted by Crippen LogP contribution is 2.28. The van der Waals surface area contributed by atoms with Gasteiger partial charge in [-0.2, -0.15) is 0 Å². The van der Waals surface area contributed by atoms with Gasteiger partial charge in [-0.25, -0.2) is 4.98 Å². The maximum absolute atomic E-state index is 5.30. The average molecular weight is 414 g/mol. The van der Waals surface area contributed by atoms with E-state index in [9.17, 15) is 0 Å². The van der Waals surface area contributed by atoms with Crippen LogP contribution in [0, 0.1) is 5.92 Å². The van der Waals surface area contributed by atoms with Gasteiger partial charge in [-0.1, -0.05) is 12.1 Å². The fourth-order valence-corrected chi connectivity index (χ4v) is 5.79. The predicted molar refractivity (Wildman–Crippen MR) is 121 cm³/mol. The van der Waals surface area contributed by atoms with Gasteiger partial charge in [0.25, 0.3) is 0 Å². The number of methoxy groups -OCH3 is 1. The van der Waals surface area contributed by atoms with Crippen LogP contribution in [0.2, 0.25) is 0 Å². The molecule has 0 amide bonds. The number of ether oxygens (including phenoxy) is 1. The zero-order valence-electron chi connectivity index (χ0n) is 18.0. The number of nitrogens with zero attached hydrogens (tertiary/aromatic N) is 3. The molecule has 29 heavy (non-hydrogen) atoms. The minimum absolute atomic E-state index is 0.816. The summed E-state index contributed by atoms with van der Waals surface area (Å²) in [6.45, 7) is 5.79. The molecule has 1 aromatic carbocycles. The number of rotatable bonds is 8. The van der Waals surface area contributed by atoms with Crippen molar-refractivity contribution in [3.63, 3.8) is 0 Å². The van der Waals surface area contributed by atoms with Crippen molar-refractivity contribution in [2.45, 2.75) is 51.5 Å². The summed E-state index contributed by atoms with van der Waals surface area (Å²) >= 11 is 1.98. The molecule has 0 N–H and O–H groups in total. The second kappa shape index (κ2) is 10.1. The van der Waals surface area contributed by atoms with Crippen LogP contribution in [0.1, 0.15) is 46.8 Å². The number of benzene rings is 1. The Morgan fingerprint density at radius 2 is 1.90 bits per heavy atom. The monoisotopic (exact) mass is 413 g/mol. The van der Waals surface area contributed by atoms with Crippen LogP contribution >= 0.6 is 11.3 Å². The van der Waals surface area contributed by atoms with E-state index in [4.69, 9.17) is 9.72 Å². The third-order valence-electron chi connectivity index (χ3n) is 6.48. The maximum atomic E-state index is 5.30. The van der Waals surface area contributed by atoms with Gasteiger partial charge < -0.3 is 9.64 Å². The molecule has 2 aromatic rings. The summed E-state index contributed by atoms with van der Waals surface area (Å²) in [5.74, 6) is 1.75. The number of hydrogen-bond acceptors (Lipinski definition) is 5. The number of fused-ring (bicyclic) bond motifs is 1. The lowest BCUT2D eigenvalue weighted by Gasteiger charge is -2.33. The van der Waals surface area contributed by atoms with E-state index >= 15 is 0 Å². The third-order valence-corrected chi connectivity index (χ3v) is 7.62. The molecule has 5 heteroatoms. The second-order valence-corrected chi connectivity index (χ2v) is 9.93. The lowest BCUT2D eigenvalue weighted by Crippen LogP contribution is -2.37. The van der Waals surface area contributed by atoms with E-state index in [1.54, 1.807) is 12.0 Å². The quantitative estimate of drug-likeness (QED) is 0.641. The predicted octanol–water partition coefficient (Wildman–Crippen LogP) is 4.42. The van der Waals surface area contributed by atoms with E-state index in [0.29, 0.717) is 0 Å². The summed E-state index contributed by atoms with van der Waals surface area (Å²) in [7, 11) is 3.98. The van der Waals surface area contributed by atoms with Crippen LogP contribution in [-0.2, 0) is 25.8 Å². The van der Waals surface area contributed by atoms with Crippen LogP contribution in [0.4, 0.5) is 0 Å². The molecule has 0 bridgehead atoms. The van der Waals surface area contributed by atoms with E-state index in [2.05, 4.69) is 41.1 Å². The molecule has 2 heterocycles. The SMILES string of the molecule is COc1ccc(CCN(Cc2nc3c(s2)CCCC3)CC2CCN(C)CC2)cc1. The van der Waals surface area contributed by atoms with Crippen LogP contribution in [0.15, 0.2) is 24.3 Å². The Labute approximate surface area is 179 Å². The van der Waals surface area contributed by atoms with Gasteiger partial charge in [0.05, 0.1) is 19.3 Å². The Kier molecular flexibility index (Phi) is 7.22. The molecule has 0 unspecified atom stereocenters. The number of aryl methyl sites for hydroxylation is 2. The van der Waals surface area contributed by atoms with Crippen LogP contribution in [-0.4, -0.2) is 55.1 Å². The van der Waals surface area contributed by atoms with Gasteiger partial charge in [0.2, 0.25) is 0 Å². The van der Waals surface area contributed by atoms with Crippen LogP contribution in [0.3, 0.4) is 0 Å². The van der Waals surface area contributed by atoms with Gasteiger partial charge in [-0.05, 0) is 88.7 Å². The minimum Gasteiger partial charge on any atom is -0.497 e. The van der Waals surface area contributed by atoms with Crippen molar-refractivity contribution in [1.82, 2.24) is 14.8 Å². The molecule has 2 aliphatic rings. The Hall–Kier alpha value is -1.43. The molecule has 4 nitrogen and oxygen atoms in total. The standard InChI is InChI=1S/C24H35N3OS/c1-26-14-11-20(12-15-26)17-27(16-13-19-7-9-21(28-2)10-8-19)18-24-25-22-5-3-4-6-23(22)29-24/h7-10,20H,3-6,11-18H2,1-2H3. The molecule has 4 rings (SSSR count). The van der Waals surface area contributed by atoms with E-state index in [-0.39, 0.29) is 0 Å². The minimum atomic E-state index is 0.816. The summed E-state index contributed by atoms with van der Waals surface area (Å²) in [6, 6.07) is 8.56. The first-order chi connectivity index (χ1) is 14.2. The Balaban J connectivity index is 1.40.